The molecule has 0 saturated carbocycles. The van der Waals surface area contributed by atoms with E-state index in [2.05, 4.69) is 17.0 Å². The predicted octanol–water partition coefficient (Wildman–Crippen LogP) is 4.81. The first kappa shape index (κ1) is 24.8. The van der Waals surface area contributed by atoms with E-state index in [0.717, 1.165) is 47.6 Å². The van der Waals surface area contributed by atoms with E-state index < -0.39 is 11.6 Å². The largest absolute Gasteiger partial charge is 0.497 e. The van der Waals surface area contributed by atoms with E-state index in [-0.39, 0.29) is 5.92 Å². The van der Waals surface area contributed by atoms with Gasteiger partial charge in [0.05, 0.1) is 26.7 Å². The summed E-state index contributed by atoms with van der Waals surface area (Å²) in [4.78, 5) is 13.7. The van der Waals surface area contributed by atoms with Gasteiger partial charge in [-0.15, -0.1) is 0 Å². The second-order valence-electron chi connectivity index (χ2n) is 8.83. The number of rotatable bonds is 10. The van der Waals surface area contributed by atoms with Gasteiger partial charge in [0, 0.05) is 13.1 Å². The monoisotopic (exact) mass is 475 g/mol. The molecule has 3 aromatic carbocycles. The van der Waals surface area contributed by atoms with E-state index in [0.29, 0.717) is 19.7 Å². The van der Waals surface area contributed by atoms with Crippen molar-refractivity contribution in [1.29, 1.82) is 0 Å². The van der Waals surface area contributed by atoms with Crippen molar-refractivity contribution >= 4 is 5.97 Å². The summed E-state index contributed by atoms with van der Waals surface area (Å²) in [5, 5.41) is 9.46. The minimum absolute atomic E-state index is 0.314. The Morgan fingerprint density at radius 1 is 0.886 bits per heavy atom. The van der Waals surface area contributed by atoms with E-state index in [4.69, 9.17) is 14.2 Å². The number of methoxy groups -OCH3 is 2. The zero-order valence-corrected chi connectivity index (χ0v) is 20.4. The first-order valence-corrected chi connectivity index (χ1v) is 12.0. The molecule has 1 aliphatic heterocycles. The molecule has 4 rings (SSSR count). The van der Waals surface area contributed by atoms with Gasteiger partial charge < -0.3 is 24.2 Å². The van der Waals surface area contributed by atoms with Crippen molar-refractivity contribution in [2.24, 2.45) is 5.92 Å². The first-order valence-electron chi connectivity index (χ1n) is 12.0. The highest BCUT2D eigenvalue weighted by Gasteiger charge is 2.38. The van der Waals surface area contributed by atoms with Crippen LogP contribution < -0.4 is 9.47 Å². The first-order chi connectivity index (χ1) is 17.1. The molecule has 6 heteroatoms. The van der Waals surface area contributed by atoms with Gasteiger partial charge in [0.25, 0.3) is 0 Å². The molecule has 0 bridgehead atoms. The predicted molar refractivity (Wildman–Crippen MR) is 135 cm³/mol. The van der Waals surface area contributed by atoms with Crippen molar-refractivity contribution in [1.82, 2.24) is 4.90 Å². The molecule has 0 radical (unpaired) electrons. The average Bonchev–Trinajstić information content (AvgIpc) is 2.92. The van der Waals surface area contributed by atoms with E-state index in [9.17, 15) is 9.90 Å². The molecule has 0 amide bonds. The van der Waals surface area contributed by atoms with E-state index in [1.165, 1.54) is 0 Å². The highest BCUT2D eigenvalue weighted by molar-refractivity contribution is 5.70. The zero-order chi connectivity index (χ0) is 24.7. The number of likely N-dealkylation sites (tertiary alicyclic amines) is 1. The zero-order valence-electron chi connectivity index (χ0n) is 20.4. The Balaban J connectivity index is 1.71. The fourth-order valence-corrected chi connectivity index (χ4v) is 4.86. The third-order valence-corrected chi connectivity index (χ3v) is 6.75. The van der Waals surface area contributed by atoms with Crippen LogP contribution in [0.2, 0.25) is 0 Å². The summed E-state index contributed by atoms with van der Waals surface area (Å²) in [6, 6.07) is 26.1. The van der Waals surface area contributed by atoms with Crippen LogP contribution in [-0.2, 0) is 15.1 Å². The standard InChI is InChI=1S/C29H33NO5/c1-33-26-14-10-24(11-15-26)29(23-8-4-3-5-9-23,25-12-16-27(34-2)17-13-25)35-20-19-30-18-6-7-22(21-30)28(31)32/h3-5,8-17,22H,6-7,18-21H2,1-2H3,(H,31,32). The summed E-state index contributed by atoms with van der Waals surface area (Å²) in [5.74, 6) is 0.522. The summed E-state index contributed by atoms with van der Waals surface area (Å²) in [7, 11) is 3.31. The number of carbonyl (C=O) groups is 1. The van der Waals surface area contributed by atoms with E-state index in [1.807, 2.05) is 66.7 Å². The molecule has 3 aromatic rings. The quantitative estimate of drug-likeness (QED) is 0.425. The van der Waals surface area contributed by atoms with Crippen molar-refractivity contribution in [3.05, 3.63) is 95.6 Å². The Bertz CT molecular complexity index is 1030. The van der Waals surface area contributed by atoms with Crippen molar-refractivity contribution in [2.75, 3.05) is 40.5 Å². The number of nitrogens with zero attached hydrogens (tertiary/aromatic N) is 1. The van der Waals surface area contributed by atoms with Crippen LogP contribution in [0.25, 0.3) is 0 Å². The maximum Gasteiger partial charge on any atom is 0.307 e. The lowest BCUT2D eigenvalue weighted by Crippen LogP contribution is -2.42. The average molecular weight is 476 g/mol. The molecule has 1 saturated heterocycles. The van der Waals surface area contributed by atoms with E-state index >= 15 is 0 Å². The second kappa shape index (κ2) is 11.4. The fraction of sp³-hybridized carbons (Fsp3) is 0.345. The number of piperidine rings is 1. The smallest absolute Gasteiger partial charge is 0.307 e. The minimum Gasteiger partial charge on any atom is -0.497 e. The van der Waals surface area contributed by atoms with E-state index in [1.54, 1.807) is 14.2 Å². The van der Waals surface area contributed by atoms with Crippen LogP contribution in [-0.4, -0.2) is 56.4 Å². The summed E-state index contributed by atoms with van der Waals surface area (Å²) < 4.78 is 17.7. The Kier molecular flexibility index (Phi) is 8.06. The summed E-state index contributed by atoms with van der Waals surface area (Å²) in [6.45, 7) is 2.54. The van der Waals surface area contributed by atoms with Gasteiger partial charge in [-0.25, -0.2) is 0 Å². The molecule has 184 valence electrons. The van der Waals surface area contributed by atoms with Crippen LogP contribution in [0.1, 0.15) is 29.5 Å². The van der Waals surface area contributed by atoms with Crippen LogP contribution in [0.3, 0.4) is 0 Å². The Morgan fingerprint density at radius 3 is 1.94 bits per heavy atom. The van der Waals surface area contributed by atoms with Crippen molar-refractivity contribution in [3.8, 4) is 11.5 Å². The lowest BCUT2D eigenvalue weighted by molar-refractivity contribution is -0.143. The molecule has 1 N–H and O–H groups in total. The summed E-state index contributed by atoms with van der Waals surface area (Å²) in [5.41, 5.74) is 2.12. The lowest BCUT2D eigenvalue weighted by Gasteiger charge is -2.37. The van der Waals surface area contributed by atoms with Crippen LogP contribution in [0.4, 0.5) is 0 Å². The van der Waals surface area contributed by atoms with Gasteiger partial charge >= 0.3 is 5.97 Å². The van der Waals surface area contributed by atoms with Gasteiger partial charge in [0.2, 0.25) is 0 Å². The molecule has 6 nitrogen and oxygen atoms in total. The molecule has 0 aliphatic carbocycles. The highest BCUT2D eigenvalue weighted by atomic mass is 16.5. The second-order valence-corrected chi connectivity index (χ2v) is 8.83. The van der Waals surface area contributed by atoms with Gasteiger partial charge in [-0.3, -0.25) is 4.79 Å². The SMILES string of the molecule is COc1ccc(C(OCCN2CCCC(C(=O)O)C2)(c2ccccc2)c2ccc(OC)cc2)cc1. The van der Waals surface area contributed by atoms with Crippen molar-refractivity contribution in [2.45, 2.75) is 18.4 Å². The molecule has 1 fully saturated rings. The highest BCUT2D eigenvalue weighted by Crippen LogP contribution is 2.41. The normalized spacial score (nSPS) is 16.6. The minimum atomic E-state index is -0.859. The number of aliphatic carboxylic acids is 1. The Labute approximate surface area is 207 Å². The van der Waals surface area contributed by atoms with Gasteiger partial charge in [-0.05, 0) is 60.3 Å². The van der Waals surface area contributed by atoms with Gasteiger partial charge in [-0.2, -0.15) is 0 Å². The van der Waals surface area contributed by atoms with Crippen molar-refractivity contribution in [3.63, 3.8) is 0 Å². The summed E-state index contributed by atoms with van der Waals surface area (Å²) >= 11 is 0. The topological polar surface area (TPSA) is 68.2 Å². The number of carboxylic acids is 1. The molecule has 0 spiro atoms. The number of benzene rings is 3. The Morgan fingerprint density at radius 2 is 1.43 bits per heavy atom. The van der Waals surface area contributed by atoms with Crippen LogP contribution in [0.15, 0.2) is 78.9 Å². The van der Waals surface area contributed by atoms with Gasteiger partial charge in [0.1, 0.15) is 17.1 Å². The molecular formula is C29H33NO5. The maximum absolute atomic E-state index is 11.5. The number of hydrogen-bond acceptors (Lipinski definition) is 5. The molecule has 35 heavy (non-hydrogen) atoms. The molecule has 0 aromatic heterocycles. The molecular weight excluding hydrogens is 442 g/mol. The van der Waals surface area contributed by atoms with Crippen LogP contribution in [0, 0.1) is 5.92 Å². The molecule has 1 atom stereocenters. The van der Waals surface area contributed by atoms with Crippen molar-refractivity contribution < 1.29 is 24.1 Å². The summed E-state index contributed by atoms with van der Waals surface area (Å²) in [6.07, 6.45) is 1.62. The molecule has 1 unspecified atom stereocenters. The number of ether oxygens (including phenoxy) is 3. The van der Waals surface area contributed by atoms with Gasteiger partial charge in [0.15, 0.2) is 0 Å². The molecule has 1 heterocycles. The van der Waals surface area contributed by atoms with Crippen LogP contribution in [0.5, 0.6) is 11.5 Å². The lowest BCUT2D eigenvalue weighted by atomic mass is 9.80. The Hall–Kier alpha value is -3.35. The number of carboxylic acid groups (broad SMARTS) is 1. The third-order valence-electron chi connectivity index (χ3n) is 6.75. The maximum atomic E-state index is 11.5. The fourth-order valence-electron chi connectivity index (χ4n) is 4.86. The van der Waals surface area contributed by atoms with Gasteiger partial charge in [-0.1, -0.05) is 54.6 Å². The molecule has 1 aliphatic rings. The number of hydrogen-bond donors (Lipinski definition) is 1. The van der Waals surface area contributed by atoms with Crippen LogP contribution >= 0.6 is 0 Å². The third kappa shape index (κ3) is 5.50.